The van der Waals surface area contributed by atoms with Crippen LogP contribution in [0.1, 0.15) is 61.2 Å². The molecule has 0 bridgehead atoms. The van der Waals surface area contributed by atoms with Gasteiger partial charge in [0.15, 0.2) is 5.69 Å². The van der Waals surface area contributed by atoms with Gasteiger partial charge in [0.05, 0.1) is 23.3 Å². The van der Waals surface area contributed by atoms with E-state index in [1.54, 1.807) is 6.92 Å². The van der Waals surface area contributed by atoms with Crippen molar-refractivity contribution in [2.24, 2.45) is 5.92 Å². The van der Waals surface area contributed by atoms with Crippen molar-refractivity contribution in [3.8, 4) is 0 Å². The van der Waals surface area contributed by atoms with Crippen LogP contribution in [0.4, 0.5) is 0 Å². The summed E-state index contributed by atoms with van der Waals surface area (Å²) < 4.78 is 5.54. The molecule has 3 rings (SSSR count). The second-order valence-electron chi connectivity index (χ2n) is 6.23. The number of carbonyl (C=O) groups excluding carboxylic acids is 1. The van der Waals surface area contributed by atoms with Gasteiger partial charge in [0.25, 0.3) is 0 Å². The highest BCUT2D eigenvalue weighted by Gasteiger charge is 2.32. The maximum atomic E-state index is 12.5. The second-order valence-corrected chi connectivity index (χ2v) is 7.74. The van der Waals surface area contributed by atoms with Gasteiger partial charge in [0.1, 0.15) is 9.76 Å². The summed E-state index contributed by atoms with van der Waals surface area (Å²) >= 11 is 15.9. The van der Waals surface area contributed by atoms with Gasteiger partial charge in [-0.3, -0.25) is 0 Å². The van der Waals surface area contributed by atoms with Crippen molar-refractivity contribution >= 4 is 56.0 Å². The van der Waals surface area contributed by atoms with Crippen molar-refractivity contribution in [2.45, 2.75) is 45.1 Å². The lowest BCUT2D eigenvalue weighted by Crippen LogP contribution is -2.21. The SMILES string of the molecule is CCOC(=O)c1nc(Br)c2[nH]c(Cl)c(Cl)c2c1C(O)C1CCCCC1. The number of aromatic nitrogens is 2. The summed E-state index contributed by atoms with van der Waals surface area (Å²) in [5.41, 5.74) is 1.04. The van der Waals surface area contributed by atoms with Gasteiger partial charge in [0, 0.05) is 10.9 Å². The molecule has 1 fully saturated rings. The molecule has 0 spiro atoms. The molecule has 0 radical (unpaired) electrons. The van der Waals surface area contributed by atoms with Gasteiger partial charge < -0.3 is 14.8 Å². The Kier molecular flexibility index (Phi) is 5.93. The summed E-state index contributed by atoms with van der Waals surface area (Å²) in [5, 5.41) is 12.1. The normalized spacial score (nSPS) is 17.0. The van der Waals surface area contributed by atoms with Gasteiger partial charge in [-0.2, -0.15) is 0 Å². The number of nitrogens with zero attached hydrogens (tertiary/aromatic N) is 1. The molecule has 0 aliphatic heterocycles. The molecule has 0 amide bonds. The minimum absolute atomic E-state index is 0.0536. The maximum Gasteiger partial charge on any atom is 0.357 e. The number of aliphatic hydroxyl groups is 1. The standard InChI is InChI=1S/C17H19BrCl2N2O3/c1-2-25-17(24)13-10(14(23)8-6-4-3-5-7-8)9-11(19)16(20)22-12(9)15(18)21-13/h8,14,22-23H,2-7H2,1H3. The number of hydrogen-bond donors (Lipinski definition) is 2. The largest absolute Gasteiger partial charge is 0.461 e. The highest BCUT2D eigenvalue weighted by atomic mass is 79.9. The molecule has 1 aliphatic rings. The lowest BCUT2D eigenvalue weighted by molar-refractivity contribution is 0.0495. The third kappa shape index (κ3) is 3.54. The third-order valence-electron chi connectivity index (χ3n) is 4.70. The number of halogens is 3. The van der Waals surface area contributed by atoms with Crippen LogP contribution in [0.15, 0.2) is 4.60 Å². The quantitative estimate of drug-likeness (QED) is 0.482. The molecule has 1 atom stereocenters. The van der Waals surface area contributed by atoms with Crippen molar-refractivity contribution in [3.63, 3.8) is 0 Å². The van der Waals surface area contributed by atoms with Crippen LogP contribution in [0.3, 0.4) is 0 Å². The average Bonchev–Trinajstić information content (AvgIpc) is 2.91. The van der Waals surface area contributed by atoms with Crippen molar-refractivity contribution in [3.05, 3.63) is 26.0 Å². The number of pyridine rings is 1. The van der Waals surface area contributed by atoms with Crippen LogP contribution in [-0.2, 0) is 4.74 Å². The van der Waals surface area contributed by atoms with E-state index in [1.165, 1.54) is 6.42 Å². The molecule has 1 saturated carbocycles. The molecule has 2 aromatic heterocycles. The lowest BCUT2D eigenvalue weighted by Gasteiger charge is -2.28. The molecule has 5 nitrogen and oxygen atoms in total. The number of aliphatic hydroxyl groups excluding tert-OH is 1. The number of H-pyrrole nitrogens is 1. The summed E-state index contributed by atoms with van der Waals surface area (Å²) in [7, 11) is 0. The highest BCUT2D eigenvalue weighted by molar-refractivity contribution is 9.10. The fraction of sp³-hybridized carbons (Fsp3) is 0.529. The number of carbonyl (C=O) groups is 1. The van der Waals surface area contributed by atoms with E-state index in [0.29, 0.717) is 21.1 Å². The summed E-state index contributed by atoms with van der Waals surface area (Å²) in [6.07, 6.45) is 4.23. The minimum Gasteiger partial charge on any atom is -0.461 e. The molecule has 1 aliphatic carbocycles. The zero-order valence-corrected chi connectivity index (χ0v) is 16.8. The Bertz CT molecular complexity index is 803. The lowest BCUT2D eigenvalue weighted by atomic mass is 9.81. The molecule has 2 heterocycles. The number of ether oxygens (including phenoxy) is 1. The predicted octanol–water partition coefficient (Wildman–Crippen LogP) is 5.42. The van der Waals surface area contributed by atoms with Gasteiger partial charge in [-0.25, -0.2) is 9.78 Å². The topological polar surface area (TPSA) is 75.2 Å². The highest BCUT2D eigenvalue weighted by Crippen LogP contribution is 2.44. The zero-order valence-electron chi connectivity index (χ0n) is 13.7. The van der Waals surface area contributed by atoms with Crippen molar-refractivity contribution in [1.82, 2.24) is 9.97 Å². The van der Waals surface area contributed by atoms with Crippen LogP contribution in [0.2, 0.25) is 10.2 Å². The Morgan fingerprint density at radius 2 is 2.08 bits per heavy atom. The Labute approximate surface area is 164 Å². The summed E-state index contributed by atoms with van der Waals surface area (Å²) in [4.78, 5) is 19.7. The molecular formula is C17H19BrCl2N2O3. The Hall–Kier alpha value is -0.820. The number of aromatic amines is 1. The number of fused-ring (bicyclic) bond motifs is 1. The Balaban J connectivity index is 2.22. The van der Waals surface area contributed by atoms with Crippen LogP contribution >= 0.6 is 39.1 Å². The summed E-state index contributed by atoms with van der Waals surface area (Å²) in [6, 6.07) is 0. The van der Waals surface area contributed by atoms with Crippen molar-refractivity contribution in [2.75, 3.05) is 6.61 Å². The first-order chi connectivity index (χ1) is 12.0. The van der Waals surface area contributed by atoms with Crippen LogP contribution in [0.25, 0.3) is 10.9 Å². The maximum absolute atomic E-state index is 12.5. The number of esters is 1. The molecule has 8 heteroatoms. The van der Waals surface area contributed by atoms with Crippen LogP contribution in [0.5, 0.6) is 0 Å². The van der Waals surface area contributed by atoms with Gasteiger partial charge in [-0.05, 0) is 41.6 Å². The van der Waals surface area contributed by atoms with E-state index in [4.69, 9.17) is 27.9 Å². The van der Waals surface area contributed by atoms with E-state index < -0.39 is 12.1 Å². The predicted molar refractivity (Wildman–Crippen MR) is 101 cm³/mol. The third-order valence-corrected chi connectivity index (χ3v) is 6.03. The molecule has 0 aromatic carbocycles. The van der Waals surface area contributed by atoms with Gasteiger partial charge in [-0.1, -0.05) is 42.5 Å². The average molecular weight is 450 g/mol. The first kappa shape index (κ1) is 19.0. The van der Waals surface area contributed by atoms with E-state index in [0.717, 1.165) is 25.7 Å². The molecular weight excluding hydrogens is 431 g/mol. The van der Waals surface area contributed by atoms with E-state index in [-0.39, 0.29) is 28.4 Å². The summed E-state index contributed by atoms with van der Waals surface area (Å²) in [6.45, 7) is 1.94. The van der Waals surface area contributed by atoms with Gasteiger partial charge in [0.2, 0.25) is 0 Å². The Morgan fingerprint density at radius 3 is 2.72 bits per heavy atom. The zero-order chi connectivity index (χ0) is 18.1. The first-order valence-corrected chi connectivity index (χ1v) is 9.91. The monoisotopic (exact) mass is 448 g/mol. The summed E-state index contributed by atoms with van der Waals surface area (Å²) in [5.74, 6) is -0.527. The molecule has 0 saturated heterocycles. The molecule has 2 aromatic rings. The second kappa shape index (κ2) is 7.82. The van der Waals surface area contributed by atoms with E-state index in [2.05, 4.69) is 25.9 Å². The molecule has 136 valence electrons. The molecule has 25 heavy (non-hydrogen) atoms. The fourth-order valence-corrected chi connectivity index (χ4v) is 4.42. The first-order valence-electron chi connectivity index (χ1n) is 8.36. The van der Waals surface area contributed by atoms with E-state index in [1.807, 2.05) is 0 Å². The number of rotatable bonds is 4. The van der Waals surface area contributed by atoms with Gasteiger partial charge >= 0.3 is 5.97 Å². The van der Waals surface area contributed by atoms with Crippen LogP contribution in [-0.4, -0.2) is 27.7 Å². The smallest absolute Gasteiger partial charge is 0.357 e. The van der Waals surface area contributed by atoms with Gasteiger partial charge in [-0.15, -0.1) is 0 Å². The van der Waals surface area contributed by atoms with Crippen LogP contribution < -0.4 is 0 Å². The minimum atomic E-state index is -0.854. The molecule has 2 N–H and O–H groups in total. The number of hydrogen-bond acceptors (Lipinski definition) is 4. The number of nitrogens with one attached hydrogen (secondary N) is 1. The van der Waals surface area contributed by atoms with Crippen molar-refractivity contribution < 1.29 is 14.6 Å². The Morgan fingerprint density at radius 1 is 1.40 bits per heavy atom. The van der Waals surface area contributed by atoms with E-state index in [9.17, 15) is 9.90 Å². The van der Waals surface area contributed by atoms with Crippen molar-refractivity contribution in [1.29, 1.82) is 0 Å². The molecule has 1 unspecified atom stereocenters. The van der Waals surface area contributed by atoms with Crippen LogP contribution in [0, 0.1) is 5.92 Å². The fourth-order valence-electron chi connectivity index (χ4n) is 3.52. The van der Waals surface area contributed by atoms with E-state index >= 15 is 0 Å².